The van der Waals surface area contributed by atoms with Crippen LogP contribution in [-0.4, -0.2) is 55.3 Å². The van der Waals surface area contributed by atoms with Gasteiger partial charge in [0.25, 0.3) is 0 Å². The van der Waals surface area contributed by atoms with Gasteiger partial charge in [-0.1, -0.05) is 0 Å². The van der Waals surface area contributed by atoms with E-state index in [1.807, 2.05) is 6.92 Å². The van der Waals surface area contributed by atoms with Crippen molar-refractivity contribution in [2.24, 2.45) is 5.92 Å². The summed E-state index contributed by atoms with van der Waals surface area (Å²) in [5.41, 5.74) is 0. The molecule has 1 heterocycles. The van der Waals surface area contributed by atoms with Crippen LogP contribution < -0.4 is 5.32 Å². The van der Waals surface area contributed by atoms with E-state index in [4.69, 9.17) is 9.47 Å². The Bertz CT molecular complexity index is 343. The minimum absolute atomic E-state index is 0.0535. The van der Waals surface area contributed by atoms with Crippen LogP contribution in [0.4, 0.5) is 4.79 Å². The molecule has 120 valence electrons. The van der Waals surface area contributed by atoms with Gasteiger partial charge in [-0.25, -0.2) is 4.79 Å². The zero-order chi connectivity index (χ0) is 15.2. The van der Waals surface area contributed by atoms with E-state index in [2.05, 4.69) is 10.2 Å². The van der Waals surface area contributed by atoms with Gasteiger partial charge in [0, 0.05) is 31.6 Å². The zero-order valence-electron chi connectivity index (χ0n) is 13.0. The number of amides is 1. The average Bonchev–Trinajstić information content (AvgIpc) is 3.22. The van der Waals surface area contributed by atoms with Crippen molar-refractivity contribution < 1.29 is 19.1 Å². The third-order valence-corrected chi connectivity index (χ3v) is 3.99. The molecule has 6 nitrogen and oxygen atoms in total. The highest BCUT2D eigenvalue weighted by atomic mass is 16.5. The Balaban J connectivity index is 1.88. The lowest BCUT2D eigenvalue weighted by Crippen LogP contribution is -2.51. The van der Waals surface area contributed by atoms with Crippen molar-refractivity contribution in [3.63, 3.8) is 0 Å². The molecule has 2 fully saturated rings. The van der Waals surface area contributed by atoms with Gasteiger partial charge in [-0.05, 0) is 39.0 Å². The summed E-state index contributed by atoms with van der Waals surface area (Å²) in [5, 5.41) is 2.91. The number of hydrogen-bond acceptors (Lipinski definition) is 5. The average molecular weight is 298 g/mol. The van der Waals surface area contributed by atoms with Gasteiger partial charge in [0.2, 0.25) is 0 Å². The van der Waals surface area contributed by atoms with Crippen LogP contribution in [-0.2, 0) is 14.3 Å². The Morgan fingerprint density at radius 1 is 1.14 bits per heavy atom. The SMILES string of the molecule is CCOC(=O)CC1CC(NC(=O)OCC)CN(C2CC2)C1. The van der Waals surface area contributed by atoms with E-state index < -0.39 is 0 Å². The Kier molecular flexibility index (Phi) is 5.85. The largest absolute Gasteiger partial charge is 0.466 e. The van der Waals surface area contributed by atoms with Gasteiger partial charge in [-0.3, -0.25) is 9.69 Å². The number of likely N-dealkylation sites (tertiary alicyclic amines) is 1. The summed E-state index contributed by atoms with van der Waals surface area (Å²) >= 11 is 0. The normalized spacial score (nSPS) is 26.2. The van der Waals surface area contributed by atoms with Crippen LogP contribution in [0.2, 0.25) is 0 Å². The zero-order valence-corrected chi connectivity index (χ0v) is 13.0. The van der Waals surface area contributed by atoms with Gasteiger partial charge < -0.3 is 14.8 Å². The van der Waals surface area contributed by atoms with E-state index in [9.17, 15) is 9.59 Å². The van der Waals surface area contributed by atoms with E-state index in [1.54, 1.807) is 6.92 Å². The Morgan fingerprint density at radius 3 is 2.48 bits per heavy atom. The first-order valence-corrected chi connectivity index (χ1v) is 7.95. The number of carbonyl (C=O) groups is 2. The molecule has 1 amide bonds. The van der Waals surface area contributed by atoms with Gasteiger partial charge in [0.15, 0.2) is 0 Å². The maximum atomic E-state index is 11.7. The number of carbonyl (C=O) groups excluding carboxylic acids is 2. The number of hydrogen-bond donors (Lipinski definition) is 1. The fourth-order valence-corrected chi connectivity index (χ4v) is 3.03. The first-order chi connectivity index (χ1) is 10.1. The van der Waals surface area contributed by atoms with Crippen molar-refractivity contribution in [1.82, 2.24) is 10.2 Å². The first kappa shape index (κ1) is 16.1. The van der Waals surface area contributed by atoms with E-state index in [0.29, 0.717) is 25.7 Å². The molecular weight excluding hydrogens is 272 g/mol. The van der Waals surface area contributed by atoms with Gasteiger partial charge in [-0.15, -0.1) is 0 Å². The molecule has 0 aromatic rings. The van der Waals surface area contributed by atoms with Crippen molar-refractivity contribution >= 4 is 12.1 Å². The van der Waals surface area contributed by atoms with Crippen LogP contribution >= 0.6 is 0 Å². The molecule has 1 saturated carbocycles. The van der Waals surface area contributed by atoms with E-state index in [-0.39, 0.29) is 24.0 Å². The third-order valence-electron chi connectivity index (χ3n) is 3.99. The lowest BCUT2D eigenvalue weighted by atomic mass is 9.91. The summed E-state index contributed by atoms with van der Waals surface area (Å²) < 4.78 is 9.99. The predicted octanol–water partition coefficient (Wildman–Crippen LogP) is 1.54. The second-order valence-electron chi connectivity index (χ2n) is 5.86. The van der Waals surface area contributed by atoms with Crippen LogP contribution in [0.1, 0.15) is 39.5 Å². The summed E-state index contributed by atoms with van der Waals surface area (Å²) in [5.74, 6) is 0.0976. The minimum atomic E-state index is -0.366. The van der Waals surface area contributed by atoms with Gasteiger partial charge in [-0.2, -0.15) is 0 Å². The number of rotatable bonds is 6. The van der Waals surface area contributed by atoms with Crippen molar-refractivity contribution in [1.29, 1.82) is 0 Å². The first-order valence-electron chi connectivity index (χ1n) is 7.95. The summed E-state index contributed by atoms with van der Waals surface area (Å²) in [6.45, 7) is 6.17. The third kappa shape index (κ3) is 5.19. The van der Waals surface area contributed by atoms with Crippen molar-refractivity contribution in [3.8, 4) is 0 Å². The second-order valence-corrected chi connectivity index (χ2v) is 5.86. The van der Waals surface area contributed by atoms with E-state index in [1.165, 1.54) is 12.8 Å². The van der Waals surface area contributed by atoms with Crippen molar-refractivity contribution in [2.75, 3.05) is 26.3 Å². The number of nitrogens with one attached hydrogen (secondary N) is 1. The number of piperidine rings is 1. The standard InChI is InChI=1S/C15H26N2O4/c1-3-20-14(18)8-11-7-12(16-15(19)21-4-2)10-17(9-11)13-5-6-13/h11-13H,3-10H2,1-2H3,(H,16,19). The molecule has 0 spiro atoms. The summed E-state index contributed by atoms with van der Waals surface area (Å²) in [6, 6.07) is 0.680. The highest BCUT2D eigenvalue weighted by molar-refractivity contribution is 5.70. The topological polar surface area (TPSA) is 67.9 Å². The van der Waals surface area contributed by atoms with Crippen molar-refractivity contribution in [3.05, 3.63) is 0 Å². The fraction of sp³-hybridized carbons (Fsp3) is 0.867. The molecule has 2 rings (SSSR count). The number of nitrogens with zero attached hydrogens (tertiary/aromatic N) is 1. The predicted molar refractivity (Wildman–Crippen MR) is 77.9 cm³/mol. The summed E-state index contributed by atoms with van der Waals surface area (Å²) in [7, 11) is 0. The lowest BCUT2D eigenvalue weighted by Gasteiger charge is -2.37. The Morgan fingerprint density at radius 2 is 1.86 bits per heavy atom. The molecule has 1 aliphatic heterocycles. The molecule has 1 aliphatic carbocycles. The van der Waals surface area contributed by atoms with Gasteiger partial charge >= 0.3 is 12.1 Å². The van der Waals surface area contributed by atoms with Gasteiger partial charge in [0.05, 0.1) is 13.2 Å². The fourth-order valence-electron chi connectivity index (χ4n) is 3.03. The van der Waals surface area contributed by atoms with E-state index in [0.717, 1.165) is 19.5 Å². The highest BCUT2D eigenvalue weighted by Crippen LogP contribution is 2.32. The number of esters is 1. The second kappa shape index (κ2) is 7.64. The molecule has 0 aromatic carbocycles. The molecule has 2 unspecified atom stereocenters. The molecule has 6 heteroatoms. The molecule has 1 N–H and O–H groups in total. The quantitative estimate of drug-likeness (QED) is 0.753. The maximum absolute atomic E-state index is 11.7. The lowest BCUT2D eigenvalue weighted by molar-refractivity contribution is -0.144. The van der Waals surface area contributed by atoms with Crippen LogP contribution in [0.15, 0.2) is 0 Å². The monoisotopic (exact) mass is 298 g/mol. The number of ether oxygens (including phenoxy) is 2. The molecule has 2 atom stereocenters. The minimum Gasteiger partial charge on any atom is -0.466 e. The Hall–Kier alpha value is -1.30. The van der Waals surface area contributed by atoms with Crippen LogP contribution in [0.5, 0.6) is 0 Å². The summed E-state index contributed by atoms with van der Waals surface area (Å²) in [6.07, 6.45) is 3.31. The molecule has 0 aromatic heterocycles. The highest BCUT2D eigenvalue weighted by Gasteiger charge is 2.37. The van der Waals surface area contributed by atoms with Crippen LogP contribution in [0, 0.1) is 5.92 Å². The molecule has 2 aliphatic rings. The molecule has 1 saturated heterocycles. The van der Waals surface area contributed by atoms with Crippen LogP contribution in [0.3, 0.4) is 0 Å². The van der Waals surface area contributed by atoms with Crippen molar-refractivity contribution in [2.45, 2.75) is 51.6 Å². The molecule has 0 bridgehead atoms. The Labute approximate surface area is 126 Å². The smallest absolute Gasteiger partial charge is 0.407 e. The van der Waals surface area contributed by atoms with Gasteiger partial charge in [0.1, 0.15) is 0 Å². The molecule has 0 radical (unpaired) electrons. The molecule has 21 heavy (non-hydrogen) atoms. The maximum Gasteiger partial charge on any atom is 0.407 e. The van der Waals surface area contributed by atoms with E-state index >= 15 is 0 Å². The molecular formula is C15H26N2O4. The summed E-state index contributed by atoms with van der Waals surface area (Å²) in [4.78, 5) is 25.7. The number of alkyl carbamates (subject to hydrolysis) is 1. The van der Waals surface area contributed by atoms with Crippen LogP contribution in [0.25, 0.3) is 0 Å².